The maximum absolute atomic E-state index is 5.57. The first-order valence-corrected chi connectivity index (χ1v) is 6.98. The number of halogens is 1. The lowest BCUT2D eigenvalue weighted by molar-refractivity contribution is 0.171. The molecule has 0 radical (unpaired) electrons. The van der Waals surface area contributed by atoms with Gasteiger partial charge in [-0.05, 0) is 35.9 Å². The molecule has 0 amide bonds. The van der Waals surface area contributed by atoms with E-state index in [2.05, 4.69) is 33.4 Å². The highest BCUT2D eigenvalue weighted by Gasteiger charge is 2.11. The van der Waals surface area contributed by atoms with Crippen molar-refractivity contribution in [2.24, 2.45) is 0 Å². The van der Waals surface area contributed by atoms with E-state index in [-0.39, 0.29) is 0 Å². The Balaban J connectivity index is 1.70. The summed E-state index contributed by atoms with van der Waals surface area (Å²) in [4.78, 5) is 0. The highest BCUT2D eigenvalue weighted by molar-refractivity contribution is 9.10. The summed E-state index contributed by atoms with van der Waals surface area (Å²) in [7, 11) is 0. The van der Waals surface area contributed by atoms with Gasteiger partial charge in [-0.25, -0.2) is 0 Å². The van der Waals surface area contributed by atoms with Crippen LogP contribution in [-0.4, -0.2) is 13.2 Å². The van der Waals surface area contributed by atoms with Crippen LogP contribution in [0.15, 0.2) is 46.9 Å². The summed E-state index contributed by atoms with van der Waals surface area (Å²) in [6, 6.07) is 14.2. The van der Waals surface area contributed by atoms with E-state index in [9.17, 15) is 0 Å². The molecule has 4 heteroatoms. The first-order valence-electron chi connectivity index (χ1n) is 6.19. The molecule has 3 nitrogen and oxygen atoms in total. The summed E-state index contributed by atoms with van der Waals surface area (Å²) in [6.07, 6.45) is 0. The molecular formula is C15H14BrNO2. The van der Waals surface area contributed by atoms with Crippen LogP contribution in [-0.2, 0) is 6.54 Å². The number of nitrogens with one attached hydrogen (secondary N) is 1. The van der Waals surface area contributed by atoms with Crippen molar-refractivity contribution in [1.29, 1.82) is 0 Å². The predicted octanol–water partition coefficient (Wildman–Crippen LogP) is 3.83. The van der Waals surface area contributed by atoms with E-state index in [1.807, 2.05) is 30.3 Å². The van der Waals surface area contributed by atoms with Crippen LogP contribution in [0.2, 0.25) is 0 Å². The number of rotatable bonds is 3. The first-order chi connectivity index (χ1) is 9.31. The van der Waals surface area contributed by atoms with Crippen molar-refractivity contribution in [3.8, 4) is 11.5 Å². The molecule has 3 rings (SSSR count). The van der Waals surface area contributed by atoms with Crippen LogP contribution in [0.1, 0.15) is 5.56 Å². The van der Waals surface area contributed by atoms with E-state index in [4.69, 9.17) is 9.47 Å². The van der Waals surface area contributed by atoms with Crippen LogP contribution in [0.4, 0.5) is 5.69 Å². The standard InChI is InChI=1S/C15H14BrNO2/c16-12-2-1-3-13(9-12)17-10-11-4-5-14-15(8-11)19-7-6-18-14/h1-5,8-9,17H,6-7,10H2. The summed E-state index contributed by atoms with van der Waals surface area (Å²) < 4.78 is 12.1. The van der Waals surface area contributed by atoms with E-state index in [0.29, 0.717) is 13.2 Å². The van der Waals surface area contributed by atoms with Crippen molar-refractivity contribution in [3.05, 3.63) is 52.5 Å². The van der Waals surface area contributed by atoms with Crippen LogP contribution >= 0.6 is 15.9 Å². The van der Waals surface area contributed by atoms with Gasteiger partial charge in [0.1, 0.15) is 13.2 Å². The normalized spacial score (nSPS) is 13.1. The third-order valence-corrected chi connectivity index (χ3v) is 3.42. The molecule has 0 fully saturated rings. The molecule has 0 saturated heterocycles. The summed E-state index contributed by atoms with van der Waals surface area (Å²) in [5.41, 5.74) is 2.26. The highest BCUT2D eigenvalue weighted by atomic mass is 79.9. The Kier molecular flexibility index (Phi) is 3.60. The largest absolute Gasteiger partial charge is 0.486 e. The molecule has 1 heterocycles. The SMILES string of the molecule is Brc1cccc(NCc2ccc3c(c2)OCCO3)c1. The van der Waals surface area contributed by atoms with Crippen molar-refractivity contribution < 1.29 is 9.47 Å². The summed E-state index contributed by atoms with van der Waals surface area (Å²) in [6.45, 7) is 2.01. The average molecular weight is 320 g/mol. The Morgan fingerprint density at radius 1 is 1.00 bits per heavy atom. The molecular weight excluding hydrogens is 306 g/mol. The van der Waals surface area contributed by atoms with Crippen LogP contribution < -0.4 is 14.8 Å². The zero-order valence-electron chi connectivity index (χ0n) is 10.4. The molecule has 19 heavy (non-hydrogen) atoms. The minimum Gasteiger partial charge on any atom is -0.486 e. The van der Waals surface area contributed by atoms with Gasteiger partial charge in [0.15, 0.2) is 11.5 Å². The van der Waals surface area contributed by atoms with Gasteiger partial charge in [0.25, 0.3) is 0 Å². The monoisotopic (exact) mass is 319 g/mol. The van der Waals surface area contributed by atoms with Gasteiger partial charge in [-0.3, -0.25) is 0 Å². The second kappa shape index (κ2) is 5.53. The Morgan fingerprint density at radius 3 is 2.68 bits per heavy atom. The highest BCUT2D eigenvalue weighted by Crippen LogP contribution is 2.31. The Morgan fingerprint density at radius 2 is 1.84 bits per heavy atom. The van der Waals surface area contributed by atoms with Gasteiger partial charge < -0.3 is 14.8 Å². The fourth-order valence-corrected chi connectivity index (χ4v) is 2.40. The number of benzene rings is 2. The number of hydrogen-bond donors (Lipinski definition) is 1. The molecule has 0 atom stereocenters. The zero-order valence-corrected chi connectivity index (χ0v) is 11.9. The zero-order chi connectivity index (χ0) is 13.1. The minimum atomic E-state index is 0.621. The van der Waals surface area contributed by atoms with Crippen LogP contribution in [0.3, 0.4) is 0 Å². The summed E-state index contributed by atoms with van der Waals surface area (Å²) >= 11 is 3.46. The summed E-state index contributed by atoms with van der Waals surface area (Å²) in [5, 5.41) is 3.38. The lowest BCUT2D eigenvalue weighted by Crippen LogP contribution is -2.15. The molecule has 0 aliphatic carbocycles. The number of ether oxygens (including phenoxy) is 2. The topological polar surface area (TPSA) is 30.5 Å². The van der Waals surface area contributed by atoms with Crippen molar-refractivity contribution in [1.82, 2.24) is 0 Å². The molecule has 0 aromatic heterocycles. The molecule has 1 aliphatic heterocycles. The van der Waals surface area contributed by atoms with E-state index in [1.165, 1.54) is 5.56 Å². The molecule has 1 N–H and O–H groups in total. The maximum Gasteiger partial charge on any atom is 0.161 e. The van der Waals surface area contributed by atoms with E-state index in [0.717, 1.165) is 28.2 Å². The molecule has 2 aromatic rings. The maximum atomic E-state index is 5.57. The van der Waals surface area contributed by atoms with E-state index in [1.54, 1.807) is 0 Å². The fraction of sp³-hybridized carbons (Fsp3) is 0.200. The van der Waals surface area contributed by atoms with Crippen molar-refractivity contribution in [3.63, 3.8) is 0 Å². The quantitative estimate of drug-likeness (QED) is 0.932. The van der Waals surface area contributed by atoms with Gasteiger partial charge in [-0.2, -0.15) is 0 Å². The van der Waals surface area contributed by atoms with Gasteiger partial charge in [-0.15, -0.1) is 0 Å². The third kappa shape index (κ3) is 3.01. The van der Waals surface area contributed by atoms with Gasteiger partial charge in [0.2, 0.25) is 0 Å². The van der Waals surface area contributed by atoms with Crippen molar-refractivity contribution >= 4 is 21.6 Å². The number of hydrogen-bond acceptors (Lipinski definition) is 3. The van der Waals surface area contributed by atoms with Crippen LogP contribution in [0.5, 0.6) is 11.5 Å². The molecule has 0 bridgehead atoms. The second-order valence-electron chi connectivity index (χ2n) is 4.34. The van der Waals surface area contributed by atoms with Gasteiger partial charge in [0, 0.05) is 16.7 Å². The van der Waals surface area contributed by atoms with Crippen molar-refractivity contribution in [2.45, 2.75) is 6.54 Å². The van der Waals surface area contributed by atoms with E-state index >= 15 is 0 Å². The van der Waals surface area contributed by atoms with Gasteiger partial charge >= 0.3 is 0 Å². The van der Waals surface area contributed by atoms with Gasteiger partial charge in [0.05, 0.1) is 0 Å². The lowest BCUT2D eigenvalue weighted by Gasteiger charge is -2.19. The molecule has 98 valence electrons. The third-order valence-electron chi connectivity index (χ3n) is 2.93. The Hall–Kier alpha value is -1.68. The Labute approximate surface area is 120 Å². The van der Waals surface area contributed by atoms with Crippen LogP contribution in [0, 0.1) is 0 Å². The van der Waals surface area contributed by atoms with Gasteiger partial charge in [-0.1, -0.05) is 28.1 Å². The van der Waals surface area contributed by atoms with Crippen molar-refractivity contribution in [2.75, 3.05) is 18.5 Å². The predicted molar refractivity (Wildman–Crippen MR) is 78.9 cm³/mol. The average Bonchev–Trinajstić information content (AvgIpc) is 2.45. The Bertz CT molecular complexity index is 586. The first kappa shape index (κ1) is 12.4. The lowest BCUT2D eigenvalue weighted by atomic mass is 10.2. The number of anilines is 1. The summed E-state index contributed by atoms with van der Waals surface area (Å²) in [5.74, 6) is 1.66. The molecule has 1 aliphatic rings. The van der Waals surface area contributed by atoms with Crippen LogP contribution in [0.25, 0.3) is 0 Å². The second-order valence-corrected chi connectivity index (χ2v) is 5.26. The number of fused-ring (bicyclic) bond motifs is 1. The fourth-order valence-electron chi connectivity index (χ4n) is 2.00. The smallest absolute Gasteiger partial charge is 0.161 e. The van der Waals surface area contributed by atoms with E-state index < -0.39 is 0 Å². The molecule has 0 unspecified atom stereocenters. The molecule has 0 saturated carbocycles. The minimum absolute atomic E-state index is 0.621. The molecule has 2 aromatic carbocycles. The molecule has 0 spiro atoms.